The molecule has 1 N–H and O–H groups in total. The lowest BCUT2D eigenvalue weighted by Gasteiger charge is -2.20. The highest BCUT2D eigenvalue weighted by atomic mass is 32.1. The van der Waals surface area contributed by atoms with E-state index in [0.29, 0.717) is 18.7 Å². The first-order chi connectivity index (χ1) is 11.8. The third-order valence-corrected chi connectivity index (χ3v) is 4.46. The first-order valence-corrected chi connectivity index (χ1v) is 8.61. The summed E-state index contributed by atoms with van der Waals surface area (Å²) >= 11 is 1.51. The number of amides is 1. The van der Waals surface area contributed by atoms with Gasteiger partial charge in [0.1, 0.15) is 0 Å². The van der Waals surface area contributed by atoms with E-state index in [1.165, 1.54) is 11.3 Å². The highest BCUT2D eigenvalue weighted by molar-refractivity contribution is 7.16. The van der Waals surface area contributed by atoms with Crippen LogP contribution in [-0.4, -0.2) is 40.6 Å². The van der Waals surface area contributed by atoms with Crippen LogP contribution in [0, 0.1) is 0 Å². The van der Waals surface area contributed by atoms with E-state index in [2.05, 4.69) is 4.98 Å². The number of nitrogens with zero attached hydrogens (tertiary/aromatic N) is 2. The molecule has 1 amide bonds. The molecular weight excluding hydrogens is 320 g/mol. The van der Waals surface area contributed by atoms with Gasteiger partial charge in [0, 0.05) is 18.7 Å². The molecule has 3 rings (SSSR count). The molecule has 24 heavy (non-hydrogen) atoms. The minimum absolute atomic E-state index is 0.0618. The van der Waals surface area contributed by atoms with Crippen molar-refractivity contribution in [2.24, 2.45) is 0 Å². The first kappa shape index (κ1) is 16.4. The molecule has 1 aromatic heterocycles. The molecule has 1 heterocycles. The van der Waals surface area contributed by atoms with Crippen molar-refractivity contribution < 1.29 is 9.90 Å². The molecule has 122 valence electrons. The van der Waals surface area contributed by atoms with Crippen LogP contribution >= 0.6 is 11.3 Å². The summed E-state index contributed by atoms with van der Waals surface area (Å²) in [5.74, 6) is -0.0861. The summed E-state index contributed by atoms with van der Waals surface area (Å²) in [5, 5.41) is 9.26. The van der Waals surface area contributed by atoms with E-state index in [4.69, 9.17) is 0 Å². The fraction of sp³-hybridized carbons (Fsp3) is 0.158. The number of benzene rings is 2. The Hall–Kier alpha value is -2.50. The molecule has 2 aromatic carbocycles. The van der Waals surface area contributed by atoms with Crippen LogP contribution in [0.2, 0.25) is 0 Å². The van der Waals surface area contributed by atoms with E-state index in [1.54, 1.807) is 16.5 Å². The zero-order valence-corrected chi connectivity index (χ0v) is 13.9. The normalized spacial score (nSPS) is 11.2. The number of carbonyl (C=O) groups excluding carboxylic acids is 1. The van der Waals surface area contributed by atoms with Crippen LogP contribution in [0.3, 0.4) is 0 Å². The summed E-state index contributed by atoms with van der Waals surface area (Å²) in [6.07, 6.45) is 3.91. The standard InChI is InChI=1S/C19H18N2O2S/c22-12-11-21(10-4-7-15-5-2-1-3-6-15)19(23)16-8-9-17-18(13-16)24-14-20-17/h1-9,13-14,22H,10-12H2/b7-4+. The molecule has 0 saturated heterocycles. The number of aromatic nitrogens is 1. The third-order valence-electron chi connectivity index (χ3n) is 3.67. The van der Waals surface area contributed by atoms with Crippen molar-refractivity contribution in [3.8, 4) is 0 Å². The molecule has 0 atom stereocenters. The Morgan fingerprint density at radius 2 is 2.04 bits per heavy atom. The van der Waals surface area contributed by atoms with Gasteiger partial charge in [-0.3, -0.25) is 4.79 Å². The highest BCUT2D eigenvalue weighted by Gasteiger charge is 2.15. The molecule has 0 bridgehead atoms. The SMILES string of the molecule is O=C(c1ccc2ncsc2c1)N(C/C=C/c1ccccc1)CCO. The van der Waals surface area contributed by atoms with Gasteiger partial charge in [-0.05, 0) is 23.8 Å². The number of rotatable bonds is 6. The fourth-order valence-electron chi connectivity index (χ4n) is 2.45. The van der Waals surface area contributed by atoms with Gasteiger partial charge in [0.25, 0.3) is 5.91 Å². The Morgan fingerprint density at radius 3 is 2.83 bits per heavy atom. The topological polar surface area (TPSA) is 53.4 Å². The molecule has 0 spiro atoms. The summed E-state index contributed by atoms with van der Waals surface area (Å²) in [7, 11) is 0. The average Bonchev–Trinajstić information content (AvgIpc) is 3.09. The predicted molar refractivity (Wildman–Crippen MR) is 98.1 cm³/mol. The largest absolute Gasteiger partial charge is 0.395 e. The summed E-state index contributed by atoms with van der Waals surface area (Å²) in [4.78, 5) is 18.6. The van der Waals surface area contributed by atoms with Crippen molar-refractivity contribution in [3.63, 3.8) is 0 Å². The lowest BCUT2D eigenvalue weighted by molar-refractivity contribution is 0.0743. The van der Waals surface area contributed by atoms with E-state index < -0.39 is 0 Å². The van der Waals surface area contributed by atoms with E-state index in [-0.39, 0.29) is 12.5 Å². The Kier molecular flexibility index (Phi) is 5.36. The third kappa shape index (κ3) is 3.88. The molecule has 0 saturated carbocycles. The van der Waals surface area contributed by atoms with Crippen LogP contribution in [0.15, 0.2) is 60.1 Å². The van der Waals surface area contributed by atoms with Gasteiger partial charge in [-0.25, -0.2) is 4.98 Å². The van der Waals surface area contributed by atoms with Crippen LogP contribution in [0.25, 0.3) is 16.3 Å². The van der Waals surface area contributed by atoms with Crippen LogP contribution in [0.5, 0.6) is 0 Å². The van der Waals surface area contributed by atoms with Crippen molar-refractivity contribution in [3.05, 3.63) is 71.2 Å². The van der Waals surface area contributed by atoms with Crippen LogP contribution in [0.4, 0.5) is 0 Å². The van der Waals surface area contributed by atoms with Gasteiger partial charge in [-0.1, -0.05) is 42.5 Å². The van der Waals surface area contributed by atoms with Crippen LogP contribution in [0.1, 0.15) is 15.9 Å². The molecule has 0 radical (unpaired) electrons. The van der Waals surface area contributed by atoms with Crippen molar-refractivity contribution in [2.45, 2.75) is 0 Å². The summed E-state index contributed by atoms with van der Waals surface area (Å²) in [5.41, 5.74) is 4.37. The quantitative estimate of drug-likeness (QED) is 0.749. The average molecular weight is 338 g/mol. The smallest absolute Gasteiger partial charge is 0.254 e. The molecular formula is C19H18N2O2S. The number of thiazole rings is 1. The van der Waals surface area contributed by atoms with Gasteiger partial charge in [-0.2, -0.15) is 0 Å². The van der Waals surface area contributed by atoms with E-state index >= 15 is 0 Å². The Bertz CT molecular complexity index is 843. The van der Waals surface area contributed by atoms with Crippen LogP contribution < -0.4 is 0 Å². The minimum Gasteiger partial charge on any atom is -0.395 e. The fourth-order valence-corrected chi connectivity index (χ4v) is 3.16. The van der Waals surface area contributed by atoms with Gasteiger partial charge >= 0.3 is 0 Å². The number of carbonyl (C=O) groups is 1. The lowest BCUT2D eigenvalue weighted by Crippen LogP contribution is -2.33. The monoisotopic (exact) mass is 338 g/mol. The Labute approximate surface area is 144 Å². The Balaban J connectivity index is 1.74. The second kappa shape index (κ2) is 7.86. The molecule has 5 heteroatoms. The second-order valence-corrected chi connectivity index (χ2v) is 6.21. The maximum Gasteiger partial charge on any atom is 0.254 e. The number of aliphatic hydroxyl groups excluding tert-OH is 1. The summed E-state index contributed by atoms with van der Waals surface area (Å²) < 4.78 is 0.990. The molecule has 0 unspecified atom stereocenters. The minimum atomic E-state index is -0.0861. The first-order valence-electron chi connectivity index (χ1n) is 7.73. The van der Waals surface area contributed by atoms with Crippen molar-refractivity contribution in [2.75, 3.05) is 19.7 Å². The Morgan fingerprint density at radius 1 is 1.21 bits per heavy atom. The van der Waals surface area contributed by atoms with Gasteiger partial charge in [0.15, 0.2) is 0 Å². The maximum atomic E-state index is 12.7. The second-order valence-electron chi connectivity index (χ2n) is 5.32. The maximum absolute atomic E-state index is 12.7. The summed E-state index contributed by atoms with van der Waals surface area (Å²) in [6.45, 7) is 0.696. The zero-order valence-electron chi connectivity index (χ0n) is 13.1. The predicted octanol–water partition coefficient (Wildman–Crippen LogP) is 3.44. The molecule has 0 fully saturated rings. The van der Waals surface area contributed by atoms with Crippen LogP contribution in [-0.2, 0) is 0 Å². The highest BCUT2D eigenvalue weighted by Crippen LogP contribution is 2.20. The molecule has 0 aliphatic rings. The van der Waals surface area contributed by atoms with Crippen molar-refractivity contribution >= 4 is 33.5 Å². The van der Waals surface area contributed by atoms with Gasteiger partial charge in [0.05, 0.1) is 22.3 Å². The van der Waals surface area contributed by atoms with Gasteiger partial charge in [-0.15, -0.1) is 11.3 Å². The van der Waals surface area contributed by atoms with E-state index in [1.807, 2.05) is 54.6 Å². The van der Waals surface area contributed by atoms with Crippen molar-refractivity contribution in [1.82, 2.24) is 9.88 Å². The van der Waals surface area contributed by atoms with E-state index in [0.717, 1.165) is 15.8 Å². The molecule has 3 aromatic rings. The lowest BCUT2D eigenvalue weighted by atomic mass is 10.1. The number of hydrogen-bond acceptors (Lipinski definition) is 4. The van der Waals surface area contributed by atoms with Gasteiger partial charge in [0.2, 0.25) is 0 Å². The van der Waals surface area contributed by atoms with Crippen molar-refractivity contribution in [1.29, 1.82) is 0 Å². The van der Waals surface area contributed by atoms with E-state index in [9.17, 15) is 9.90 Å². The summed E-state index contributed by atoms with van der Waals surface area (Å²) in [6, 6.07) is 15.4. The number of fused-ring (bicyclic) bond motifs is 1. The van der Waals surface area contributed by atoms with Gasteiger partial charge < -0.3 is 10.0 Å². The number of hydrogen-bond donors (Lipinski definition) is 1. The zero-order chi connectivity index (χ0) is 16.8. The molecule has 0 aliphatic carbocycles. The molecule has 4 nitrogen and oxygen atoms in total. The molecule has 0 aliphatic heterocycles. The number of aliphatic hydroxyl groups is 1.